The van der Waals surface area contributed by atoms with Crippen molar-refractivity contribution in [3.8, 4) is 0 Å². The molecule has 5 heteroatoms. The highest BCUT2D eigenvalue weighted by atomic mass is 79.9. The zero-order valence-corrected chi connectivity index (χ0v) is 8.73. The molecule has 0 spiro atoms. The number of aromatic nitrogens is 1. The van der Waals surface area contributed by atoms with Gasteiger partial charge in [-0.15, -0.1) is 11.3 Å². The number of halogens is 1. The largest absolute Gasteiger partial charge is 0.391 e. The minimum atomic E-state index is -0.262. The van der Waals surface area contributed by atoms with E-state index in [1.54, 1.807) is 16.8 Å². The van der Waals surface area contributed by atoms with Gasteiger partial charge >= 0.3 is 0 Å². The summed E-state index contributed by atoms with van der Waals surface area (Å²) in [5, 5.41) is 12.7. The van der Waals surface area contributed by atoms with Crippen LogP contribution in [-0.4, -0.2) is 29.3 Å². The number of aliphatic hydroxyl groups excluding tert-OH is 1. The summed E-state index contributed by atoms with van der Waals surface area (Å²) < 4.78 is 0.875. The highest BCUT2D eigenvalue weighted by Crippen LogP contribution is 2.31. The molecule has 3 nitrogen and oxygen atoms in total. The number of hydrogen-bond donors (Lipinski definition) is 2. The topological polar surface area (TPSA) is 45.1 Å². The van der Waals surface area contributed by atoms with Crippen LogP contribution in [0.1, 0.15) is 10.8 Å². The highest BCUT2D eigenvalue weighted by molar-refractivity contribution is 9.10. The SMILES string of the molecule is O[C@@H]1CNC[C@H]1c1scnc1Br. The van der Waals surface area contributed by atoms with Crippen molar-refractivity contribution < 1.29 is 5.11 Å². The summed E-state index contributed by atoms with van der Waals surface area (Å²) in [5.41, 5.74) is 1.80. The predicted octanol–water partition coefficient (Wildman–Crippen LogP) is 0.953. The molecular weight excluding hydrogens is 240 g/mol. The van der Waals surface area contributed by atoms with Gasteiger partial charge in [-0.1, -0.05) is 0 Å². The van der Waals surface area contributed by atoms with Crippen LogP contribution in [0.5, 0.6) is 0 Å². The summed E-state index contributed by atoms with van der Waals surface area (Å²) in [4.78, 5) is 5.24. The van der Waals surface area contributed by atoms with E-state index in [0.29, 0.717) is 6.54 Å². The van der Waals surface area contributed by atoms with Gasteiger partial charge in [0.25, 0.3) is 0 Å². The summed E-state index contributed by atoms with van der Waals surface area (Å²) in [6.45, 7) is 1.54. The lowest BCUT2D eigenvalue weighted by Gasteiger charge is -2.10. The van der Waals surface area contributed by atoms with Crippen molar-refractivity contribution in [2.75, 3.05) is 13.1 Å². The second kappa shape index (κ2) is 3.41. The number of nitrogens with one attached hydrogen (secondary N) is 1. The van der Waals surface area contributed by atoms with Gasteiger partial charge in [0.1, 0.15) is 4.60 Å². The van der Waals surface area contributed by atoms with Crippen molar-refractivity contribution in [1.82, 2.24) is 10.3 Å². The Morgan fingerprint density at radius 2 is 2.50 bits per heavy atom. The first-order valence-corrected chi connectivity index (χ1v) is 5.44. The fourth-order valence-electron chi connectivity index (χ4n) is 1.41. The molecule has 2 heterocycles. The Bertz CT molecular complexity index is 278. The molecule has 2 rings (SSSR count). The average Bonchev–Trinajstić information content (AvgIpc) is 2.59. The third-order valence-corrected chi connectivity index (χ3v) is 3.92. The van der Waals surface area contributed by atoms with Crippen molar-refractivity contribution in [2.45, 2.75) is 12.0 Å². The van der Waals surface area contributed by atoms with E-state index in [0.717, 1.165) is 16.0 Å². The van der Waals surface area contributed by atoms with Crippen molar-refractivity contribution in [3.05, 3.63) is 15.0 Å². The molecule has 1 aliphatic heterocycles. The van der Waals surface area contributed by atoms with E-state index in [4.69, 9.17) is 0 Å². The summed E-state index contributed by atoms with van der Waals surface area (Å²) >= 11 is 4.96. The van der Waals surface area contributed by atoms with Crippen molar-refractivity contribution in [3.63, 3.8) is 0 Å². The zero-order chi connectivity index (χ0) is 8.55. The van der Waals surface area contributed by atoms with Crippen molar-refractivity contribution in [1.29, 1.82) is 0 Å². The Balaban J connectivity index is 2.24. The Kier molecular flexibility index (Phi) is 2.45. The van der Waals surface area contributed by atoms with Gasteiger partial charge in [-0.25, -0.2) is 4.98 Å². The van der Waals surface area contributed by atoms with Gasteiger partial charge in [0.15, 0.2) is 0 Å². The number of thiazole rings is 1. The van der Waals surface area contributed by atoms with Gasteiger partial charge in [-0.3, -0.25) is 0 Å². The molecule has 12 heavy (non-hydrogen) atoms. The molecule has 2 N–H and O–H groups in total. The Morgan fingerprint density at radius 3 is 3.00 bits per heavy atom. The molecule has 0 aliphatic carbocycles. The van der Waals surface area contributed by atoms with Gasteiger partial charge in [0, 0.05) is 23.9 Å². The van der Waals surface area contributed by atoms with E-state index in [1.165, 1.54) is 0 Å². The lowest BCUT2D eigenvalue weighted by molar-refractivity contribution is 0.178. The second-order valence-electron chi connectivity index (χ2n) is 2.84. The number of nitrogens with zero attached hydrogens (tertiary/aromatic N) is 1. The molecule has 1 aromatic rings. The van der Waals surface area contributed by atoms with Crippen molar-refractivity contribution >= 4 is 27.3 Å². The third kappa shape index (κ3) is 1.42. The molecule has 0 amide bonds. The Morgan fingerprint density at radius 1 is 1.67 bits per heavy atom. The Labute approximate surface area is 83.0 Å². The smallest absolute Gasteiger partial charge is 0.120 e. The molecule has 0 bridgehead atoms. The molecule has 0 radical (unpaired) electrons. The van der Waals surface area contributed by atoms with Crippen LogP contribution < -0.4 is 5.32 Å². The molecular formula is C7H9BrN2OS. The summed E-state index contributed by atoms with van der Waals surface area (Å²) in [6, 6.07) is 0. The number of rotatable bonds is 1. The van der Waals surface area contributed by atoms with Gasteiger partial charge in [0.2, 0.25) is 0 Å². The maximum Gasteiger partial charge on any atom is 0.120 e. The molecule has 66 valence electrons. The lowest BCUT2D eigenvalue weighted by Crippen LogP contribution is -2.15. The van der Waals surface area contributed by atoms with E-state index in [2.05, 4.69) is 26.2 Å². The highest BCUT2D eigenvalue weighted by Gasteiger charge is 2.29. The van der Waals surface area contributed by atoms with Gasteiger partial charge in [0.05, 0.1) is 11.6 Å². The van der Waals surface area contributed by atoms with Crippen LogP contribution in [0.3, 0.4) is 0 Å². The predicted molar refractivity (Wildman–Crippen MR) is 51.4 cm³/mol. The molecule has 1 aliphatic rings. The van der Waals surface area contributed by atoms with Crippen LogP contribution in [0.15, 0.2) is 10.1 Å². The second-order valence-corrected chi connectivity index (χ2v) is 4.48. The van der Waals surface area contributed by atoms with Crippen LogP contribution in [0.25, 0.3) is 0 Å². The molecule has 1 saturated heterocycles. The van der Waals surface area contributed by atoms with E-state index < -0.39 is 0 Å². The molecule has 0 saturated carbocycles. The maximum atomic E-state index is 9.58. The average molecular weight is 249 g/mol. The number of β-amino-alcohol motifs (C(OH)–C–C–N with tert-alkyl or cyclic N) is 1. The maximum absolute atomic E-state index is 9.58. The first kappa shape index (κ1) is 8.62. The van der Waals surface area contributed by atoms with Crippen LogP contribution in [0.4, 0.5) is 0 Å². The normalized spacial score (nSPS) is 29.5. The summed E-state index contributed by atoms with van der Waals surface area (Å²) in [5.74, 6) is 0.215. The van der Waals surface area contributed by atoms with Gasteiger partial charge in [-0.2, -0.15) is 0 Å². The quantitative estimate of drug-likeness (QED) is 0.779. The zero-order valence-electron chi connectivity index (χ0n) is 6.33. The standard InChI is InChI=1S/C7H9BrN2OS/c8-7-6(12-3-10-7)4-1-9-2-5(4)11/h3-5,9,11H,1-2H2/t4-,5-/m1/s1. The van der Waals surface area contributed by atoms with E-state index in [1.807, 2.05) is 0 Å². The fourth-order valence-corrected chi connectivity index (χ4v) is 3.06. The molecule has 0 aromatic carbocycles. The summed E-state index contributed by atoms with van der Waals surface area (Å²) in [6.07, 6.45) is -0.262. The number of hydrogen-bond acceptors (Lipinski definition) is 4. The molecule has 0 unspecified atom stereocenters. The van der Waals surface area contributed by atoms with Crippen molar-refractivity contribution in [2.24, 2.45) is 0 Å². The fraction of sp³-hybridized carbons (Fsp3) is 0.571. The Hall–Kier alpha value is 0.0300. The van der Waals surface area contributed by atoms with Crippen LogP contribution in [0.2, 0.25) is 0 Å². The van der Waals surface area contributed by atoms with Gasteiger partial charge < -0.3 is 10.4 Å². The van der Waals surface area contributed by atoms with Crippen LogP contribution >= 0.6 is 27.3 Å². The number of aliphatic hydroxyl groups is 1. The first-order chi connectivity index (χ1) is 5.79. The monoisotopic (exact) mass is 248 g/mol. The molecule has 1 aromatic heterocycles. The molecule has 1 fully saturated rings. The van der Waals surface area contributed by atoms with Crippen LogP contribution in [0, 0.1) is 0 Å². The summed E-state index contributed by atoms with van der Waals surface area (Å²) in [7, 11) is 0. The van der Waals surface area contributed by atoms with Gasteiger partial charge in [-0.05, 0) is 15.9 Å². The minimum Gasteiger partial charge on any atom is -0.391 e. The van der Waals surface area contributed by atoms with E-state index in [-0.39, 0.29) is 12.0 Å². The first-order valence-electron chi connectivity index (χ1n) is 3.76. The van der Waals surface area contributed by atoms with E-state index >= 15 is 0 Å². The third-order valence-electron chi connectivity index (χ3n) is 2.07. The minimum absolute atomic E-state index is 0.215. The van der Waals surface area contributed by atoms with E-state index in [9.17, 15) is 5.11 Å². The lowest BCUT2D eigenvalue weighted by atomic mass is 10.1. The van der Waals surface area contributed by atoms with Crippen LogP contribution in [-0.2, 0) is 0 Å². The molecule has 2 atom stereocenters.